The number of carbonyl (C=O) groups is 2. The second kappa shape index (κ2) is 10.6. The van der Waals surface area contributed by atoms with Crippen molar-refractivity contribution in [3.8, 4) is 5.75 Å². The number of ether oxygens (including phenoxy) is 1. The van der Waals surface area contributed by atoms with Crippen molar-refractivity contribution in [2.45, 2.75) is 13.2 Å². The molecule has 3 N–H and O–H groups in total. The molecule has 1 aromatic heterocycles. The Morgan fingerprint density at radius 1 is 0.967 bits per heavy atom. The van der Waals surface area contributed by atoms with Gasteiger partial charge in [-0.15, -0.1) is 0 Å². The average molecular weight is 408 g/mol. The molecule has 3 amide bonds. The lowest BCUT2D eigenvalue weighted by Crippen LogP contribution is -2.39. The van der Waals surface area contributed by atoms with Crippen LogP contribution in [0.4, 0.5) is 14.9 Å². The van der Waals surface area contributed by atoms with E-state index in [4.69, 9.17) is 4.74 Å². The highest BCUT2D eigenvalue weighted by Crippen LogP contribution is 2.18. The highest BCUT2D eigenvalue weighted by molar-refractivity contribution is 5.94. The number of hydrogen-bond acceptors (Lipinski definition) is 4. The van der Waals surface area contributed by atoms with Crippen molar-refractivity contribution in [2.24, 2.45) is 0 Å². The fraction of sp³-hybridized carbons (Fsp3) is 0.136. The minimum Gasteiger partial charge on any atom is -0.487 e. The van der Waals surface area contributed by atoms with Crippen LogP contribution in [-0.2, 0) is 17.9 Å². The molecule has 7 nitrogen and oxygen atoms in total. The van der Waals surface area contributed by atoms with Gasteiger partial charge in [-0.25, -0.2) is 9.18 Å². The molecule has 0 atom stereocenters. The molecule has 8 heteroatoms. The lowest BCUT2D eigenvalue weighted by molar-refractivity contribution is -0.115. The van der Waals surface area contributed by atoms with Crippen LogP contribution in [0, 0.1) is 5.82 Å². The molecule has 0 radical (unpaired) electrons. The van der Waals surface area contributed by atoms with Gasteiger partial charge in [0.25, 0.3) is 0 Å². The Balaban J connectivity index is 1.40. The molecular formula is C22H21FN4O3. The molecule has 0 saturated heterocycles. The Morgan fingerprint density at radius 2 is 1.80 bits per heavy atom. The van der Waals surface area contributed by atoms with Gasteiger partial charge in [0.1, 0.15) is 18.2 Å². The van der Waals surface area contributed by atoms with Crippen molar-refractivity contribution < 1.29 is 18.7 Å². The van der Waals surface area contributed by atoms with Crippen LogP contribution in [0.2, 0.25) is 0 Å². The molecule has 0 saturated carbocycles. The van der Waals surface area contributed by atoms with Gasteiger partial charge in [0.2, 0.25) is 5.91 Å². The van der Waals surface area contributed by atoms with E-state index in [9.17, 15) is 14.0 Å². The molecule has 2 aromatic carbocycles. The van der Waals surface area contributed by atoms with Crippen LogP contribution in [0.25, 0.3) is 0 Å². The molecule has 0 aliphatic carbocycles. The number of anilines is 1. The van der Waals surface area contributed by atoms with E-state index in [1.54, 1.807) is 42.6 Å². The summed E-state index contributed by atoms with van der Waals surface area (Å²) >= 11 is 0. The van der Waals surface area contributed by atoms with Crippen molar-refractivity contribution in [3.63, 3.8) is 0 Å². The van der Waals surface area contributed by atoms with Gasteiger partial charge in [0.15, 0.2) is 0 Å². The molecule has 0 aliphatic heterocycles. The molecular weight excluding hydrogens is 387 g/mol. The Bertz CT molecular complexity index is 981. The Morgan fingerprint density at radius 3 is 2.57 bits per heavy atom. The van der Waals surface area contributed by atoms with E-state index in [1.807, 2.05) is 18.2 Å². The van der Waals surface area contributed by atoms with Crippen LogP contribution in [0.5, 0.6) is 5.75 Å². The molecule has 0 bridgehead atoms. The van der Waals surface area contributed by atoms with Gasteiger partial charge in [0.05, 0.1) is 12.2 Å². The predicted octanol–water partition coefficient (Wildman–Crippen LogP) is 3.24. The highest BCUT2D eigenvalue weighted by Gasteiger charge is 2.07. The number of rotatable bonds is 8. The lowest BCUT2D eigenvalue weighted by Gasteiger charge is -2.10. The summed E-state index contributed by atoms with van der Waals surface area (Å²) in [5, 5.41) is 7.77. The van der Waals surface area contributed by atoms with E-state index in [1.165, 1.54) is 12.1 Å². The second-order valence-corrected chi connectivity index (χ2v) is 6.35. The van der Waals surface area contributed by atoms with Crippen LogP contribution in [0.1, 0.15) is 11.3 Å². The molecule has 3 rings (SSSR count). The van der Waals surface area contributed by atoms with Gasteiger partial charge < -0.3 is 20.7 Å². The van der Waals surface area contributed by atoms with Crippen molar-refractivity contribution >= 4 is 17.6 Å². The number of urea groups is 1. The fourth-order valence-corrected chi connectivity index (χ4v) is 2.52. The lowest BCUT2D eigenvalue weighted by atomic mass is 10.2. The molecule has 0 fully saturated rings. The Labute approximate surface area is 173 Å². The third-order valence-corrected chi connectivity index (χ3v) is 4.01. The normalized spacial score (nSPS) is 10.2. The molecule has 0 aliphatic rings. The molecule has 1 heterocycles. The summed E-state index contributed by atoms with van der Waals surface area (Å²) < 4.78 is 18.5. The summed E-state index contributed by atoms with van der Waals surface area (Å²) in [5.41, 5.74) is 2.09. The van der Waals surface area contributed by atoms with Gasteiger partial charge in [-0.05, 0) is 42.0 Å². The Kier molecular flexibility index (Phi) is 7.32. The monoisotopic (exact) mass is 408 g/mol. The summed E-state index contributed by atoms with van der Waals surface area (Å²) in [6.07, 6.45) is 1.69. The van der Waals surface area contributed by atoms with Gasteiger partial charge in [-0.2, -0.15) is 0 Å². The number of halogens is 1. The van der Waals surface area contributed by atoms with Gasteiger partial charge in [-0.3, -0.25) is 9.78 Å². The van der Waals surface area contributed by atoms with E-state index >= 15 is 0 Å². The van der Waals surface area contributed by atoms with Crippen LogP contribution in [-0.4, -0.2) is 23.5 Å². The van der Waals surface area contributed by atoms with Crippen molar-refractivity contribution in [2.75, 3.05) is 11.9 Å². The van der Waals surface area contributed by atoms with E-state index < -0.39 is 6.03 Å². The van der Waals surface area contributed by atoms with Crippen LogP contribution >= 0.6 is 0 Å². The van der Waals surface area contributed by atoms with E-state index in [0.717, 1.165) is 11.3 Å². The average Bonchev–Trinajstić information content (AvgIpc) is 2.77. The van der Waals surface area contributed by atoms with Crippen LogP contribution < -0.4 is 20.7 Å². The van der Waals surface area contributed by atoms with Gasteiger partial charge in [0, 0.05) is 24.5 Å². The third-order valence-electron chi connectivity index (χ3n) is 4.01. The van der Waals surface area contributed by atoms with E-state index in [-0.39, 0.29) is 24.8 Å². The first-order valence-corrected chi connectivity index (χ1v) is 9.27. The number of amides is 3. The maximum Gasteiger partial charge on any atom is 0.315 e. The predicted molar refractivity (Wildman–Crippen MR) is 110 cm³/mol. The molecule has 3 aromatic rings. The van der Waals surface area contributed by atoms with Crippen molar-refractivity contribution in [1.29, 1.82) is 0 Å². The number of nitrogens with zero attached hydrogens (tertiary/aromatic N) is 1. The van der Waals surface area contributed by atoms with E-state index in [2.05, 4.69) is 20.9 Å². The number of aromatic nitrogens is 1. The largest absolute Gasteiger partial charge is 0.487 e. The smallest absolute Gasteiger partial charge is 0.315 e. The quantitative estimate of drug-likeness (QED) is 0.534. The van der Waals surface area contributed by atoms with Gasteiger partial charge in [-0.1, -0.05) is 24.3 Å². The second-order valence-electron chi connectivity index (χ2n) is 6.35. The summed E-state index contributed by atoms with van der Waals surface area (Å²) in [6.45, 7) is 0.339. The molecule has 0 unspecified atom stereocenters. The number of nitrogens with one attached hydrogen (secondary N) is 3. The third kappa shape index (κ3) is 6.90. The first kappa shape index (κ1) is 20.8. The van der Waals surface area contributed by atoms with Crippen LogP contribution in [0.15, 0.2) is 72.9 Å². The number of hydrogen-bond donors (Lipinski definition) is 3. The van der Waals surface area contributed by atoms with Gasteiger partial charge >= 0.3 is 6.03 Å². The first-order valence-electron chi connectivity index (χ1n) is 9.27. The van der Waals surface area contributed by atoms with Crippen molar-refractivity contribution in [1.82, 2.24) is 15.6 Å². The maximum atomic E-state index is 12.9. The zero-order valence-corrected chi connectivity index (χ0v) is 16.1. The Hall–Kier alpha value is -3.94. The number of carbonyl (C=O) groups excluding carboxylic acids is 2. The molecule has 30 heavy (non-hydrogen) atoms. The summed E-state index contributed by atoms with van der Waals surface area (Å²) in [4.78, 5) is 28.1. The summed E-state index contributed by atoms with van der Waals surface area (Å²) in [5.74, 6) is -0.136. The SMILES string of the molecule is O=C(CNC(=O)NCc1ccc(F)cc1)Nc1cccc(OCc2ccccn2)c1. The number of benzene rings is 2. The standard InChI is InChI=1S/C22H21FN4O3/c23-17-9-7-16(8-10-17)13-25-22(29)26-14-21(28)27-18-5-3-6-20(12-18)30-15-19-4-1-2-11-24-19/h1-12H,13-15H2,(H,27,28)(H2,25,26,29). The summed E-state index contributed by atoms with van der Waals surface area (Å²) in [6, 6.07) is 17.8. The van der Waals surface area contributed by atoms with Crippen molar-refractivity contribution in [3.05, 3.63) is 90.0 Å². The molecule has 0 spiro atoms. The molecule has 154 valence electrons. The number of pyridine rings is 1. The minimum atomic E-state index is -0.498. The first-order chi connectivity index (χ1) is 14.6. The zero-order chi connectivity index (χ0) is 21.2. The summed E-state index contributed by atoms with van der Waals surface area (Å²) in [7, 11) is 0. The fourth-order valence-electron chi connectivity index (χ4n) is 2.52. The maximum absolute atomic E-state index is 12.9. The minimum absolute atomic E-state index is 0.200. The van der Waals surface area contributed by atoms with E-state index in [0.29, 0.717) is 18.0 Å². The highest BCUT2D eigenvalue weighted by atomic mass is 19.1. The topological polar surface area (TPSA) is 92.4 Å². The zero-order valence-electron chi connectivity index (χ0n) is 16.1. The van der Waals surface area contributed by atoms with Crippen LogP contribution in [0.3, 0.4) is 0 Å².